The normalized spacial score (nSPS) is 14.7. The van der Waals surface area contributed by atoms with Crippen molar-refractivity contribution in [1.29, 1.82) is 0 Å². The van der Waals surface area contributed by atoms with Gasteiger partial charge in [-0.15, -0.1) is 0 Å². The van der Waals surface area contributed by atoms with Crippen molar-refractivity contribution in [3.63, 3.8) is 0 Å². The van der Waals surface area contributed by atoms with Crippen molar-refractivity contribution in [2.24, 2.45) is 5.92 Å². The van der Waals surface area contributed by atoms with Crippen molar-refractivity contribution >= 4 is 33.8 Å². The molecule has 5 heteroatoms. The molecule has 0 amide bonds. The zero-order valence-electron chi connectivity index (χ0n) is 13.2. The molecule has 1 heterocycles. The number of ketones is 1. The van der Waals surface area contributed by atoms with Crippen molar-refractivity contribution in [3.05, 3.63) is 63.8 Å². The van der Waals surface area contributed by atoms with Gasteiger partial charge in [0.1, 0.15) is 11.5 Å². The van der Waals surface area contributed by atoms with E-state index < -0.39 is 0 Å². The number of Topliss-reactive ketones (excluding diaryl/α,β-unsaturated/α-hetero) is 1. The maximum Gasteiger partial charge on any atom is 0.313 e. The Kier molecular flexibility index (Phi) is 4.53. The summed E-state index contributed by atoms with van der Waals surface area (Å²) in [6.07, 6.45) is 1.69. The summed E-state index contributed by atoms with van der Waals surface area (Å²) in [5.74, 6) is 0.274. The van der Waals surface area contributed by atoms with Crippen LogP contribution in [0.15, 0.2) is 52.7 Å². The molecule has 0 aromatic heterocycles. The standard InChI is InChI=1S/C19H15BrO4/c1-11(2)19(22)23-14-7-8-15-16(10-14)24-17(18(15)21)9-12-3-5-13(20)6-4-12/h3-11H,1-2H3/b17-9-. The van der Waals surface area contributed by atoms with Gasteiger partial charge in [0.15, 0.2) is 5.76 Å². The molecule has 0 radical (unpaired) electrons. The second kappa shape index (κ2) is 6.61. The summed E-state index contributed by atoms with van der Waals surface area (Å²) in [6.45, 7) is 3.52. The number of halogens is 1. The number of rotatable bonds is 3. The number of ether oxygens (including phenoxy) is 2. The summed E-state index contributed by atoms with van der Waals surface area (Å²) < 4.78 is 11.9. The molecule has 24 heavy (non-hydrogen) atoms. The van der Waals surface area contributed by atoms with E-state index >= 15 is 0 Å². The van der Waals surface area contributed by atoms with Crippen LogP contribution in [0.4, 0.5) is 0 Å². The molecular weight excluding hydrogens is 372 g/mol. The van der Waals surface area contributed by atoms with Crippen LogP contribution < -0.4 is 9.47 Å². The first-order valence-corrected chi connectivity index (χ1v) is 8.29. The topological polar surface area (TPSA) is 52.6 Å². The van der Waals surface area contributed by atoms with E-state index in [9.17, 15) is 9.59 Å². The maximum absolute atomic E-state index is 12.4. The smallest absolute Gasteiger partial charge is 0.313 e. The van der Waals surface area contributed by atoms with E-state index in [1.807, 2.05) is 24.3 Å². The van der Waals surface area contributed by atoms with Crippen LogP contribution in [0.1, 0.15) is 29.8 Å². The molecule has 0 saturated carbocycles. The number of carbonyl (C=O) groups excluding carboxylic acids is 2. The van der Waals surface area contributed by atoms with Crippen LogP contribution in [-0.2, 0) is 4.79 Å². The van der Waals surface area contributed by atoms with Gasteiger partial charge in [0.2, 0.25) is 5.78 Å². The minimum absolute atomic E-state index is 0.186. The molecule has 0 saturated heterocycles. The van der Waals surface area contributed by atoms with Gasteiger partial charge >= 0.3 is 5.97 Å². The Balaban J connectivity index is 1.84. The highest BCUT2D eigenvalue weighted by Gasteiger charge is 2.28. The minimum atomic E-state index is -0.329. The molecule has 0 fully saturated rings. The summed E-state index contributed by atoms with van der Waals surface area (Å²) >= 11 is 3.37. The molecule has 4 nitrogen and oxygen atoms in total. The Hall–Kier alpha value is -2.40. The van der Waals surface area contributed by atoms with Gasteiger partial charge in [-0.1, -0.05) is 41.9 Å². The van der Waals surface area contributed by atoms with Crippen molar-refractivity contribution in [2.45, 2.75) is 13.8 Å². The van der Waals surface area contributed by atoms with E-state index in [-0.39, 0.29) is 23.4 Å². The second-order valence-corrected chi connectivity index (χ2v) is 6.64. The molecule has 0 unspecified atom stereocenters. The number of hydrogen-bond acceptors (Lipinski definition) is 4. The Morgan fingerprint density at radius 2 is 1.88 bits per heavy atom. The number of benzene rings is 2. The summed E-state index contributed by atoms with van der Waals surface area (Å²) in [5.41, 5.74) is 1.32. The van der Waals surface area contributed by atoms with Crippen molar-refractivity contribution in [2.75, 3.05) is 0 Å². The molecule has 2 aromatic rings. The van der Waals surface area contributed by atoms with Crippen LogP contribution in [-0.4, -0.2) is 11.8 Å². The molecule has 3 rings (SSSR count). The summed E-state index contributed by atoms with van der Waals surface area (Å²) in [5, 5.41) is 0. The molecule has 0 aliphatic carbocycles. The third-order valence-electron chi connectivity index (χ3n) is 3.50. The van der Waals surface area contributed by atoms with E-state index in [1.54, 1.807) is 38.1 Å². The summed E-state index contributed by atoms with van der Waals surface area (Å²) in [4.78, 5) is 24.1. The average molecular weight is 387 g/mol. The van der Waals surface area contributed by atoms with Crippen molar-refractivity contribution < 1.29 is 19.1 Å². The maximum atomic E-state index is 12.4. The lowest BCUT2D eigenvalue weighted by Crippen LogP contribution is -2.14. The Bertz CT molecular complexity index is 835. The molecule has 0 spiro atoms. The quantitative estimate of drug-likeness (QED) is 0.438. The Morgan fingerprint density at radius 1 is 1.17 bits per heavy atom. The number of fused-ring (bicyclic) bond motifs is 1. The van der Waals surface area contributed by atoms with E-state index in [2.05, 4.69) is 15.9 Å². The van der Waals surface area contributed by atoms with Gasteiger partial charge < -0.3 is 9.47 Å². The zero-order valence-corrected chi connectivity index (χ0v) is 14.8. The minimum Gasteiger partial charge on any atom is -0.452 e. The van der Waals surface area contributed by atoms with E-state index in [0.717, 1.165) is 10.0 Å². The number of carbonyl (C=O) groups is 2. The fourth-order valence-corrected chi connectivity index (χ4v) is 2.44. The predicted molar refractivity (Wildman–Crippen MR) is 94.0 cm³/mol. The van der Waals surface area contributed by atoms with Crippen LogP contribution >= 0.6 is 15.9 Å². The van der Waals surface area contributed by atoms with Gasteiger partial charge in [-0.3, -0.25) is 9.59 Å². The number of hydrogen-bond donors (Lipinski definition) is 0. The first kappa shape index (κ1) is 16.5. The highest BCUT2D eigenvalue weighted by atomic mass is 79.9. The third-order valence-corrected chi connectivity index (χ3v) is 4.03. The van der Waals surface area contributed by atoms with Gasteiger partial charge in [0.25, 0.3) is 0 Å². The third kappa shape index (κ3) is 3.41. The summed E-state index contributed by atoms with van der Waals surface area (Å²) in [6, 6.07) is 12.3. The lowest BCUT2D eigenvalue weighted by atomic mass is 10.1. The first-order chi connectivity index (χ1) is 11.4. The lowest BCUT2D eigenvalue weighted by molar-refractivity contribution is -0.137. The Morgan fingerprint density at radius 3 is 2.54 bits per heavy atom. The second-order valence-electron chi connectivity index (χ2n) is 5.73. The fourth-order valence-electron chi connectivity index (χ4n) is 2.18. The zero-order chi connectivity index (χ0) is 17.3. The van der Waals surface area contributed by atoms with Crippen LogP contribution in [0.2, 0.25) is 0 Å². The number of allylic oxidation sites excluding steroid dienone is 1. The number of esters is 1. The van der Waals surface area contributed by atoms with Crippen molar-refractivity contribution in [1.82, 2.24) is 0 Å². The van der Waals surface area contributed by atoms with Gasteiger partial charge in [-0.25, -0.2) is 0 Å². The van der Waals surface area contributed by atoms with E-state index in [0.29, 0.717) is 17.1 Å². The van der Waals surface area contributed by atoms with Gasteiger partial charge in [-0.05, 0) is 35.9 Å². The monoisotopic (exact) mass is 386 g/mol. The molecule has 1 aliphatic rings. The molecule has 122 valence electrons. The lowest BCUT2D eigenvalue weighted by Gasteiger charge is -2.07. The van der Waals surface area contributed by atoms with E-state index in [1.165, 1.54) is 0 Å². The molecule has 0 bridgehead atoms. The fraction of sp³-hybridized carbons (Fsp3) is 0.158. The van der Waals surface area contributed by atoms with E-state index in [4.69, 9.17) is 9.47 Å². The molecule has 2 aromatic carbocycles. The summed E-state index contributed by atoms with van der Waals surface area (Å²) in [7, 11) is 0. The molecule has 0 N–H and O–H groups in total. The van der Waals surface area contributed by atoms with Gasteiger partial charge in [0.05, 0.1) is 11.5 Å². The Labute approximate surface area is 148 Å². The van der Waals surface area contributed by atoms with Crippen molar-refractivity contribution in [3.8, 4) is 11.5 Å². The SMILES string of the molecule is CC(C)C(=O)Oc1ccc2c(c1)O/C(=C\c1ccc(Br)cc1)C2=O. The largest absolute Gasteiger partial charge is 0.452 e. The van der Waals surface area contributed by atoms with Crippen LogP contribution in [0.3, 0.4) is 0 Å². The van der Waals surface area contributed by atoms with Gasteiger partial charge in [0, 0.05) is 10.5 Å². The highest BCUT2D eigenvalue weighted by molar-refractivity contribution is 9.10. The van der Waals surface area contributed by atoms with Gasteiger partial charge in [-0.2, -0.15) is 0 Å². The average Bonchev–Trinajstić information content (AvgIpc) is 2.85. The highest BCUT2D eigenvalue weighted by Crippen LogP contribution is 2.35. The van der Waals surface area contributed by atoms with Crippen LogP contribution in [0.5, 0.6) is 11.5 Å². The molecule has 0 atom stereocenters. The van der Waals surface area contributed by atoms with Crippen LogP contribution in [0, 0.1) is 5.92 Å². The molecule has 1 aliphatic heterocycles. The first-order valence-electron chi connectivity index (χ1n) is 7.49. The van der Waals surface area contributed by atoms with Crippen LogP contribution in [0.25, 0.3) is 6.08 Å². The molecular formula is C19H15BrO4. The predicted octanol–water partition coefficient (Wildman–Crippen LogP) is 4.63.